The predicted molar refractivity (Wildman–Crippen MR) is 79.1 cm³/mol. The Hall–Kier alpha value is -1.60. The first-order chi connectivity index (χ1) is 9.56. The van der Waals surface area contributed by atoms with Gasteiger partial charge >= 0.3 is 12.0 Å². The first-order valence-corrected chi connectivity index (χ1v) is 7.16. The maximum Gasteiger partial charge on any atom is 0.337 e. The van der Waals surface area contributed by atoms with Crippen molar-refractivity contribution in [3.8, 4) is 0 Å². The quantitative estimate of drug-likeness (QED) is 0.677. The number of piperidine rings is 1. The zero-order valence-electron chi connectivity index (χ0n) is 10.8. The van der Waals surface area contributed by atoms with Crippen molar-refractivity contribution in [3.05, 3.63) is 28.2 Å². The molecule has 1 heterocycles. The molecule has 0 aromatic heterocycles. The number of amides is 2. The molecular formula is C13H16BrN3O3. The molecule has 2 amide bonds. The van der Waals surface area contributed by atoms with Crippen molar-refractivity contribution >= 4 is 33.6 Å². The summed E-state index contributed by atoms with van der Waals surface area (Å²) in [6, 6.07) is 4.46. The molecule has 2 rings (SSSR count). The molecular weight excluding hydrogens is 326 g/mol. The smallest absolute Gasteiger partial charge is 0.337 e. The number of hydrogen-bond donors (Lipinski definition) is 4. The number of rotatable bonds is 3. The number of carbonyl (C=O) groups is 2. The fourth-order valence-electron chi connectivity index (χ4n) is 2.11. The lowest BCUT2D eigenvalue weighted by Crippen LogP contribution is -2.44. The van der Waals surface area contributed by atoms with Gasteiger partial charge in [-0.25, -0.2) is 9.59 Å². The Morgan fingerprint density at radius 2 is 2.00 bits per heavy atom. The van der Waals surface area contributed by atoms with E-state index < -0.39 is 5.97 Å². The van der Waals surface area contributed by atoms with E-state index in [1.165, 1.54) is 6.07 Å². The molecule has 0 atom stereocenters. The summed E-state index contributed by atoms with van der Waals surface area (Å²) in [5.41, 5.74) is 0.340. The van der Waals surface area contributed by atoms with Crippen molar-refractivity contribution < 1.29 is 14.7 Å². The molecule has 0 saturated carbocycles. The number of benzene rings is 1. The highest BCUT2D eigenvalue weighted by molar-refractivity contribution is 9.10. The molecule has 20 heavy (non-hydrogen) atoms. The lowest BCUT2D eigenvalue weighted by Gasteiger charge is -2.23. The number of halogens is 1. The van der Waals surface area contributed by atoms with Gasteiger partial charge in [0, 0.05) is 10.5 Å². The Labute approximate surface area is 125 Å². The summed E-state index contributed by atoms with van der Waals surface area (Å²) in [4.78, 5) is 23.0. The van der Waals surface area contributed by atoms with Crippen LogP contribution in [0.15, 0.2) is 22.7 Å². The van der Waals surface area contributed by atoms with E-state index in [4.69, 9.17) is 5.11 Å². The van der Waals surface area contributed by atoms with Gasteiger partial charge in [-0.2, -0.15) is 0 Å². The van der Waals surface area contributed by atoms with Gasteiger partial charge in [0.05, 0.1) is 11.3 Å². The highest BCUT2D eigenvalue weighted by Crippen LogP contribution is 2.21. The number of aromatic carboxylic acids is 1. The molecule has 1 aromatic carbocycles. The molecule has 1 aliphatic rings. The number of nitrogens with one attached hydrogen (secondary N) is 3. The number of carboxylic acid groups (broad SMARTS) is 1. The van der Waals surface area contributed by atoms with Crippen molar-refractivity contribution in [1.29, 1.82) is 0 Å². The van der Waals surface area contributed by atoms with Crippen LogP contribution in [0.2, 0.25) is 0 Å². The van der Waals surface area contributed by atoms with E-state index in [1.54, 1.807) is 12.1 Å². The fourth-order valence-corrected chi connectivity index (χ4v) is 2.47. The van der Waals surface area contributed by atoms with E-state index in [0.717, 1.165) is 25.9 Å². The number of urea groups is 1. The molecule has 1 saturated heterocycles. The van der Waals surface area contributed by atoms with Gasteiger partial charge < -0.3 is 21.1 Å². The Morgan fingerprint density at radius 1 is 1.30 bits per heavy atom. The summed E-state index contributed by atoms with van der Waals surface area (Å²) in [6.07, 6.45) is 1.75. The minimum Gasteiger partial charge on any atom is -0.478 e. The van der Waals surface area contributed by atoms with Crippen molar-refractivity contribution in [1.82, 2.24) is 10.6 Å². The maximum atomic E-state index is 11.9. The molecule has 7 heteroatoms. The highest BCUT2D eigenvalue weighted by Gasteiger charge is 2.17. The molecule has 0 unspecified atom stereocenters. The SMILES string of the molecule is O=C(Nc1ccc(Br)cc1C(=O)O)NC1CCNCC1. The van der Waals surface area contributed by atoms with E-state index in [2.05, 4.69) is 31.9 Å². The van der Waals surface area contributed by atoms with Crippen LogP contribution in [0, 0.1) is 0 Å². The number of anilines is 1. The van der Waals surface area contributed by atoms with E-state index in [-0.39, 0.29) is 23.3 Å². The fraction of sp³-hybridized carbons (Fsp3) is 0.385. The van der Waals surface area contributed by atoms with E-state index >= 15 is 0 Å². The van der Waals surface area contributed by atoms with E-state index in [9.17, 15) is 9.59 Å². The number of carbonyl (C=O) groups excluding carboxylic acids is 1. The molecule has 1 aromatic rings. The third kappa shape index (κ3) is 3.94. The van der Waals surface area contributed by atoms with Crippen molar-refractivity contribution in [2.45, 2.75) is 18.9 Å². The summed E-state index contributed by atoms with van der Waals surface area (Å²) >= 11 is 3.21. The summed E-state index contributed by atoms with van der Waals surface area (Å²) < 4.78 is 0.652. The minimum atomic E-state index is -1.08. The highest BCUT2D eigenvalue weighted by atomic mass is 79.9. The molecule has 108 valence electrons. The first kappa shape index (κ1) is 14.8. The summed E-state index contributed by atoms with van der Waals surface area (Å²) in [7, 11) is 0. The van der Waals surface area contributed by atoms with Crippen LogP contribution >= 0.6 is 15.9 Å². The zero-order valence-corrected chi connectivity index (χ0v) is 12.4. The second kappa shape index (κ2) is 6.71. The van der Waals surface area contributed by atoms with Gasteiger partial charge in [0.1, 0.15) is 0 Å². The molecule has 0 spiro atoms. The van der Waals surface area contributed by atoms with Gasteiger partial charge in [-0.3, -0.25) is 0 Å². The van der Waals surface area contributed by atoms with Gasteiger partial charge in [-0.1, -0.05) is 15.9 Å². The Bertz CT molecular complexity index is 516. The normalized spacial score (nSPS) is 15.7. The number of carboxylic acids is 1. The molecule has 0 aliphatic carbocycles. The summed E-state index contributed by atoms with van der Waals surface area (Å²) in [5.74, 6) is -1.08. The maximum absolute atomic E-state index is 11.9. The molecule has 0 radical (unpaired) electrons. The second-order valence-corrected chi connectivity index (χ2v) is 5.53. The summed E-state index contributed by atoms with van der Waals surface area (Å²) in [5, 5.41) is 17.8. The van der Waals surface area contributed by atoms with Crippen LogP contribution in [-0.2, 0) is 0 Å². The largest absolute Gasteiger partial charge is 0.478 e. The standard InChI is InChI=1S/C13H16BrN3O3/c14-8-1-2-11(10(7-8)12(18)19)17-13(20)16-9-3-5-15-6-4-9/h1-2,7,9,15H,3-6H2,(H,18,19)(H2,16,17,20). The van der Waals surface area contributed by atoms with Crippen LogP contribution in [0.4, 0.5) is 10.5 Å². The molecule has 0 bridgehead atoms. The summed E-state index contributed by atoms with van der Waals surface area (Å²) in [6.45, 7) is 1.76. The lowest BCUT2D eigenvalue weighted by atomic mass is 10.1. The van der Waals surface area contributed by atoms with Gasteiger partial charge in [-0.15, -0.1) is 0 Å². The van der Waals surface area contributed by atoms with E-state index in [1.807, 2.05) is 0 Å². The Balaban J connectivity index is 2.01. The van der Waals surface area contributed by atoms with Crippen molar-refractivity contribution in [2.24, 2.45) is 0 Å². The Kier molecular flexibility index (Phi) is 4.97. The van der Waals surface area contributed by atoms with Crippen LogP contribution in [0.3, 0.4) is 0 Å². The van der Waals surface area contributed by atoms with Crippen LogP contribution in [0.5, 0.6) is 0 Å². The molecule has 6 nitrogen and oxygen atoms in total. The van der Waals surface area contributed by atoms with Gasteiger partial charge in [0.15, 0.2) is 0 Å². The van der Waals surface area contributed by atoms with Crippen molar-refractivity contribution in [3.63, 3.8) is 0 Å². The predicted octanol–water partition coefficient (Wildman–Crippen LogP) is 2.02. The number of hydrogen-bond acceptors (Lipinski definition) is 3. The van der Waals surface area contributed by atoms with Crippen LogP contribution in [0.25, 0.3) is 0 Å². The topological polar surface area (TPSA) is 90.5 Å². The van der Waals surface area contributed by atoms with Crippen LogP contribution < -0.4 is 16.0 Å². The van der Waals surface area contributed by atoms with Crippen LogP contribution in [-0.4, -0.2) is 36.2 Å². The molecule has 1 fully saturated rings. The third-order valence-corrected chi connectivity index (χ3v) is 3.63. The monoisotopic (exact) mass is 341 g/mol. The zero-order chi connectivity index (χ0) is 14.5. The van der Waals surface area contributed by atoms with Gasteiger partial charge in [0.25, 0.3) is 0 Å². The Morgan fingerprint density at radius 3 is 2.65 bits per heavy atom. The van der Waals surface area contributed by atoms with E-state index in [0.29, 0.717) is 4.47 Å². The third-order valence-electron chi connectivity index (χ3n) is 3.13. The van der Waals surface area contributed by atoms with Crippen molar-refractivity contribution in [2.75, 3.05) is 18.4 Å². The van der Waals surface area contributed by atoms with Gasteiger partial charge in [-0.05, 0) is 44.1 Å². The molecule has 1 aliphatic heterocycles. The molecule has 4 N–H and O–H groups in total. The van der Waals surface area contributed by atoms with Crippen LogP contribution in [0.1, 0.15) is 23.2 Å². The lowest BCUT2D eigenvalue weighted by molar-refractivity contribution is 0.0698. The minimum absolute atomic E-state index is 0.0554. The van der Waals surface area contributed by atoms with Gasteiger partial charge in [0.2, 0.25) is 0 Å². The second-order valence-electron chi connectivity index (χ2n) is 4.62. The first-order valence-electron chi connectivity index (χ1n) is 6.37. The average Bonchev–Trinajstić information content (AvgIpc) is 2.41. The average molecular weight is 342 g/mol.